The summed E-state index contributed by atoms with van der Waals surface area (Å²) in [6.07, 6.45) is -3.05. The molecule has 10 heteroatoms. The average molecular weight is 476 g/mol. The first-order valence-corrected chi connectivity index (χ1v) is 10.2. The zero-order valence-electron chi connectivity index (χ0n) is 17.2. The van der Waals surface area contributed by atoms with Crippen LogP contribution >= 0.6 is 0 Å². The number of benzene rings is 2. The summed E-state index contributed by atoms with van der Waals surface area (Å²) in [6, 6.07) is 7.12. The number of pyridine rings is 1. The van der Waals surface area contributed by atoms with Crippen LogP contribution in [0.1, 0.15) is 27.9 Å². The van der Waals surface area contributed by atoms with Crippen molar-refractivity contribution >= 4 is 16.7 Å². The Kier molecular flexibility index (Phi) is 4.92. The second-order valence-electron chi connectivity index (χ2n) is 7.96. The third-order valence-corrected chi connectivity index (χ3v) is 5.91. The molecular formula is C24H14F6N2O2. The molecule has 0 spiro atoms. The molecule has 0 bridgehead atoms. The highest BCUT2D eigenvalue weighted by Crippen LogP contribution is 2.41. The predicted molar refractivity (Wildman–Crippen MR) is 111 cm³/mol. The van der Waals surface area contributed by atoms with Crippen LogP contribution in [0.25, 0.3) is 22.2 Å². The topological polar surface area (TPSA) is 44.0 Å². The van der Waals surface area contributed by atoms with Gasteiger partial charge in [0.05, 0.1) is 16.8 Å². The molecule has 0 radical (unpaired) electrons. The fourth-order valence-corrected chi connectivity index (χ4v) is 4.47. The van der Waals surface area contributed by atoms with Gasteiger partial charge in [-0.3, -0.25) is 9.59 Å². The van der Waals surface area contributed by atoms with Crippen LogP contribution in [0.5, 0.6) is 0 Å². The molecule has 0 saturated heterocycles. The number of hydrogen-bond donors (Lipinski definition) is 0. The van der Waals surface area contributed by atoms with Gasteiger partial charge in [-0.25, -0.2) is 13.2 Å². The minimum Gasteiger partial charge on any atom is -0.346 e. The number of rotatable bonds is 2. The van der Waals surface area contributed by atoms with E-state index >= 15 is 0 Å². The molecule has 2 aromatic heterocycles. The van der Waals surface area contributed by atoms with Crippen molar-refractivity contribution in [3.05, 3.63) is 93.2 Å². The Bertz CT molecular complexity index is 1520. The molecule has 4 aromatic rings. The molecule has 0 N–H and O–H groups in total. The van der Waals surface area contributed by atoms with Crippen molar-refractivity contribution in [2.75, 3.05) is 0 Å². The molecule has 4 nitrogen and oxygen atoms in total. The lowest BCUT2D eigenvalue weighted by molar-refractivity contribution is -0.137. The fraction of sp³-hybridized carbons (Fsp3) is 0.167. The van der Waals surface area contributed by atoms with Crippen LogP contribution in [-0.4, -0.2) is 14.9 Å². The zero-order valence-corrected chi connectivity index (χ0v) is 17.2. The number of aryl methyl sites for hydroxylation is 1. The third-order valence-electron chi connectivity index (χ3n) is 5.91. The highest BCUT2D eigenvalue weighted by molar-refractivity contribution is 6.18. The quantitative estimate of drug-likeness (QED) is 0.217. The third kappa shape index (κ3) is 3.32. The fourth-order valence-electron chi connectivity index (χ4n) is 4.47. The number of hydrogen-bond acceptors (Lipinski definition) is 2. The smallest absolute Gasteiger partial charge is 0.346 e. The van der Waals surface area contributed by atoms with E-state index in [0.29, 0.717) is 18.6 Å². The summed E-state index contributed by atoms with van der Waals surface area (Å²) in [5, 5.41) is 0.241. The molecule has 1 aliphatic rings. The summed E-state index contributed by atoms with van der Waals surface area (Å²) < 4.78 is 85.1. The molecule has 0 saturated carbocycles. The van der Waals surface area contributed by atoms with Gasteiger partial charge in [-0.05, 0) is 24.6 Å². The maximum Gasteiger partial charge on any atom is 0.418 e. The van der Waals surface area contributed by atoms with Crippen molar-refractivity contribution in [1.82, 2.24) is 9.13 Å². The Morgan fingerprint density at radius 3 is 2.32 bits per heavy atom. The van der Waals surface area contributed by atoms with Gasteiger partial charge in [0.2, 0.25) is 0 Å². The van der Waals surface area contributed by atoms with Crippen LogP contribution in [0.15, 0.2) is 53.5 Å². The number of alkyl halides is 3. The van der Waals surface area contributed by atoms with E-state index in [2.05, 4.69) is 0 Å². The van der Waals surface area contributed by atoms with E-state index in [-0.39, 0.29) is 40.8 Å². The first-order chi connectivity index (χ1) is 16.1. The van der Waals surface area contributed by atoms with E-state index < -0.39 is 46.1 Å². The van der Waals surface area contributed by atoms with E-state index in [1.807, 2.05) is 0 Å². The van der Waals surface area contributed by atoms with E-state index in [4.69, 9.17) is 0 Å². The Morgan fingerprint density at radius 1 is 0.941 bits per heavy atom. The van der Waals surface area contributed by atoms with Crippen molar-refractivity contribution in [3.63, 3.8) is 0 Å². The van der Waals surface area contributed by atoms with E-state index in [9.17, 15) is 35.9 Å². The molecular weight excluding hydrogens is 462 g/mol. The molecule has 0 amide bonds. The molecule has 0 atom stereocenters. The minimum absolute atomic E-state index is 0.0115. The minimum atomic E-state index is -4.74. The first kappa shape index (κ1) is 22.0. The molecule has 5 rings (SSSR count). The van der Waals surface area contributed by atoms with Crippen molar-refractivity contribution < 1.29 is 31.1 Å². The molecule has 0 aliphatic carbocycles. The number of carbonyl (C=O) groups excluding carboxylic acids is 1. The van der Waals surface area contributed by atoms with Gasteiger partial charge in [-0.1, -0.05) is 18.2 Å². The highest BCUT2D eigenvalue weighted by atomic mass is 19.4. The van der Waals surface area contributed by atoms with Crippen LogP contribution in [0.2, 0.25) is 0 Å². The number of aromatic nitrogens is 2. The van der Waals surface area contributed by atoms with Crippen molar-refractivity contribution in [3.8, 4) is 11.3 Å². The largest absolute Gasteiger partial charge is 0.418 e. The number of halogens is 6. The zero-order chi connectivity index (χ0) is 24.4. The second-order valence-corrected chi connectivity index (χ2v) is 7.96. The Morgan fingerprint density at radius 2 is 1.65 bits per heavy atom. The maximum atomic E-state index is 13.9. The van der Waals surface area contributed by atoms with E-state index in [1.54, 1.807) is 4.57 Å². The van der Waals surface area contributed by atoms with Gasteiger partial charge in [0.15, 0.2) is 23.2 Å². The lowest BCUT2D eigenvalue weighted by Gasteiger charge is -2.22. The van der Waals surface area contributed by atoms with Crippen LogP contribution in [0.3, 0.4) is 0 Å². The predicted octanol–water partition coefficient (Wildman–Crippen LogP) is 5.54. The maximum absolute atomic E-state index is 13.9. The molecule has 34 heavy (non-hydrogen) atoms. The van der Waals surface area contributed by atoms with Gasteiger partial charge in [-0.15, -0.1) is 0 Å². The highest BCUT2D eigenvalue weighted by Gasteiger charge is 2.36. The van der Waals surface area contributed by atoms with Gasteiger partial charge in [0.1, 0.15) is 0 Å². The number of para-hydroxylation sites is 1. The molecule has 2 aromatic carbocycles. The summed E-state index contributed by atoms with van der Waals surface area (Å²) in [6.45, 7) is 0.290. The van der Waals surface area contributed by atoms with Gasteiger partial charge in [-0.2, -0.15) is 13.2 Å². The summed E-state index contributed by atoms with van der Waals surface area (Å²) in [5.74, 6) is -5.60. The lowest BCUT2D eigenvalue weighted by Crippen LogP contribution is -2.26. The van der Waals surface area contributed by atoms with Crippen LogP contribution in [0.4, 0.5) is 26.3 Å². The Labute approximate surface area is 187 Å². The van der Waals surface area contributed by atoms with Crippen LogP contribution in [0, 0.1) is 17.5 Å². The normalized spacial score (nSPS) is 13.5. The van der Waals surface area contributed by atoms with Crippen LogP contribution in [-0.2, 0) is 19.3 Å². The second kappa shape index (κ2) is 7.61. The lowest BCUT2D eigenvalue weighted by atomic mass is 9.98. The summed E-state index contributed by atoms with van der Waals surface area (Å²) >= 11 is 0. The van der Waals surface area contributed by atoms with Gasteiger partial charge in [0, 0.05) is 47.4 Å². The monoisotopic (exact) mass is 476 g/mol. The summed E-state index contributed by atoms with van der Waals surface area (Å²) in [4.78, 5) is 25.6. The standard InChI is InChI=1S/C24H14F6N2O2/c25-17-9-12(10-18(26)20(17)27)23(34)15-11-31-7-2-8-32-19(33)6-5-16(24(28,29)30)22(32)14-4-1-3-13(15)21(14)31/h1,3-6,9-11H,2,7-8H2. The van der Waals surface area contributed by atoms with Gasteiger partial charge < -0.3 is 9.13 Å². The summed E-state index contributed by atoms with van der Waals surface area (Å²) in [5.41, 5.74) is -1.98. The van der Waals surface area contributed by atoms with E-state index in [0.717, 1.165) is 16.7 Å². The van der Waals surface area contributed by atoms with Gasteiger partial charge in [0.25, 0.3) is 5.56 Å². The number of carbonyl (C=O) groups is 1. The Hall–Kier alpha value is -3.82. The Balaban J connectivity index is 1.80. The number of fused-ring (bicyclic) bond motifs is 2. The first-order valence-electron chi connectivity index (χ1n) is 10.2. The van der Waals surface area contributed by atoms with Crippen molar-refractivity contribution in [2.45, 2.75) is 25.7 Å². The number of nitrogens with zero attached hydrogens (tertiary/aromatic N) is 2. The average Bonchev–Trinajstić information content (AvgIpc) is 3.14. The summed E-state index contributed by atoms with van der Waals surface area (Å²) in [7, 11) is 0. The van der Waals surface area contributed by atoms with Crippen LogP contribution < -0.4 is 5.56 Å². The molecule has 174 valence electrons. The molecule has 1 aliphatic heterocycles. The molecule has 0 unspecified atom stereocenters. The number of ketones is 1. The molecule has 0 fully saturated rings. The van der Waals surface area contributed by atoms with Crippen molar-refractivity contribution in [2.24, 2.45) is 0 Å². The molecule has 3 heterocycles. The van der Waals surface area contributed by atoms with Gasteiger partial charge >= 0.3 is 6.18 Å². The SMILES string of the molecule is O=C(c1cc(F)c(F)c(F)c1)c1cn2c3c(cccc13)-c1c(C(F)(F)F)ccc(=O)n1CCC2. The van der Waals surface area contributed by atoms with E-state index in [1.165, 1.54) is 24.4 Å². The van der Waals surface area contributed by atoms with Crippen molar-refractivity contribution in [1.29, 1.82) is 0 Å².